The summed E-state index contributed by atoms with van der Waals surface area (Å²) in [5, 5.41) is 0. The maximum Gasteiger partial charge on any atom is 0.389 e. The summed E-state index contributed by atoms with van der Waals surface area (Å²) in [5.41, 5.74) is 0. The molecule has 1 aliphatic heterocycles. The molecule has 0 N–H and O–H groups in total. The van der Waals surface area contributed by atoms with Crippen molar-refractivity contribution in [1.29, 1.82) is 0 Å². The first kappa shape index (κ1) is 10.7. The van der Waals surface area contributed by atoms with Crippen LogP contribution in [0.3, 0.4) is 0 Å². The molecular formula is C7H9F5O. The lowest BCUT2D eigenvalue weighted by Gasteiger charge is -2.15. The van der Waals surface area contributed by atoms with Gasteiger partial charge in [-0.2, -0.15) is 13.2 Å². The Bertz CT molecular complexity index is 172. The molecule has 1 unspecified atom stereocenters. The molecule has 0 aromatic rings. The van der Waals surface area contributed by atoms with Crippen molar-refractivity contribution in [3.05, 3.63) is 0 Å². The van der Waals surface area contributed by atoms with Crippen LogP contribution in [0.15, 0.2) is 0 Å². The van der Waals surface area contributed by atoms with Crippen molar-refractivity contribution >= 4 is 0 Å². The fourth-order valence-electron chi connectivity index (χ4n) is 0.946. The smallest absolute Gasteiger partial charge is 0.373 e. The summed E-state index contributed by atoms with van der Waals surface area (Å²) < 4.78 is 64.6. The van der Waals surface area contributed by atoms with E-state index in [4.69, 9.17) is 0 Å². The summed E-state index contributed by atoms with van der Waals surface area (Å²) in [7, 11) is 0. The molecule has 0 amide bonds. The lowest BCUT2D eigenvalue weighted by atomic mass is 10.1. The normalized spacial score (nSPS) is 23.3. The van der Waals surface area contributed by atoms with Gasteiger partial charge in [-0.05, 0) is 0 Å². The molecule has 0 spiro atoms. The van der Waals surface area contributed by atoms with E-state index in [2.05, 4.69) is 4.74 Å². The van der Waals surface area contributed by atoms with Crippen LogP contribution in [0.25, 0.3) is 0 Å². The summed E-state index contributed by atoms with van der Waals surface area (Å²) in [5.74, 6) is -3.25. The second-order valence-corrected chi connectivity index (χ2v) is 3.13. The summed E-state index contributed by atoms with van der Waals surface area (Å²) in [6, 6.07) is 0. The number of alkyl halides is 5. The standard InChI is InChI=1S/C7H9F5O/c8-6(9,3-5-4-13-5)1-2-7(10,11)12/h5H,1-4H2. The van der Waals surface area contributed by atoms with Gasteiger partial charge >= 0.3 is 6.18 Å². The van der Waals surface area contributed by atoms with E-state index in [-0.39, 0.29) is 6.61 Å². The zero-order chi connectivity index (χ0) is 10.1. The summed E-state index contributed by atoms with van der Waals surface area (Å²) in [6.07, 6.45) is -8.22. The van der Waals surface area contributed by atoms with Gasteiger partial charge in [0.1, 0.15) is 0 Å². The minimum absolute atomic E-state index is 0.238. The maximum absolute atomic E-state index is 12.7. The van der Waals surface area contributed by atoms with Crippen molar-refractivity contribution in [1.82, 2.24) is 0 Å². The van der Waals surface area contributed by atoms with Gasteiger partial charge in [0, 0.05) is 19.3 Å². The Labute approximate surface area is 71.9 Å². The van der Waals surface area contributed by atoms with Crippen molar-refractivity contribution in [2.24, 2.45) is 0 Å². The van der Waals surface area contributed by atoms with E-state index in [1.54, 1.807) is 0 Å². The summed E-state index contributed by atoms with van der Waals surface area (Å²) in [4.78, 5) is 0. The van der Waals surface area contributed by atoms with Gasteiger partial charge in [-0.25, -0.2) is 8.78 Å². The highest BCUT2D eigenvalue weighted by atomic mass is 19.4. The molecule has 13 heavy (non-hydrogen) atoms. The Balaban J connectivity index is 2.24. The molecule has 1 heterocycles. The van der Waals surface area contributed by atoms with Crippen LogP contribution in [0.1, 0.15) is 19.3 Å². The average molecular weight is 204 g/mol. The number of epoxide rings is 1. The van der Waals surface area contributed by atoms with Gasteiger partial charge in [-0.15, -0.1) is 0 Å². The monoisotopic (exact) mass is 204 g/mol. The molecule has 0 aromatic heterocycles. The minimum atomic E-state index is -4.51. The topological polar surface area (TPSA) is 12.5 Å². The van der Waals surface area contributed by atoms with Crippen LogP contribution in [0, 0.1) is 0 Å². The quantitative estimate of drug-likeness (QED) is 0.506. The first-order valence-corrected chi connectivity index (χ1v) is 3.85. The summed E-state index contributed by atoms with van der Waals surface area (Å²) in [6.45, 7) is 0.238. The Morgan fingerprint density at radius 3 is 2.00 bits per heavy atom. The van der Waals surface area contributed by atoms with E-state index in [1.807, 2.05) is 0 Å². The van der Waals surface area contributed by atoms with Crippen molar-refractivity contribution in [3.63, 3.8) is 0 Å². The maximum atomic E-state index is 12.7. The van der Waals surface area contributed by atoms with Gasteiger partial charge in [-0.3, -0.25) is 0 Å². The van der Waals surface area contributed by atoms with E-state index in [0.29, 0.717) is 0 Å². The molecule has 1 atom stereocenters. The van der Waals surface area contributed by atoms with Crippen LogP contribution in [0.5, 0.6) is 0 Å². The highest BCUT2D eigenvalue weighted by Gasteiger charge is 2.41. The second-order valence-electron chi connectivity index (χ2n) is 3.13. The third-order valence-electron chi connectivity index (χ3n) is 1.70. The first-order valence-electron chi connectivity index (χ1n) is 3.85. The number of ether oxygens (including phenoxy) is 1. The molecular weight excluding hydrogens is 195 g/mol. The van der Waals surface area contributed by atoms with Crippen LogP contribution < -0.4 is 0 Å². The van der Waals surface area contributed by atoms with E-state index in [9.17, 15) is 22.0 Å². The van der Waals surface area contributed by atoms with Crippen LogP contribution in [0.4, 0.5) is 22.0 Å². The molecule has 0 saturated carbocycles. The molecule has 1 rings (SSSR count). The Kier molecular flexibility index (Phi) is 2.79. The van der Waals surface area contributed by atoms with Gasteiger partial charge < -0.3 is 4.74 Å². The molecule has 0 radical (unpaired) electrons. The average Bonchev–Trinajstić information content (AvgIpc) is 2.66. The minimum Gasteiger partial charge on any atom is -0.373 e. The van der Waals surface area contributed by atoms with E-state index in [0.717, 1.165) is 0 Å². The van der Waals surface area contributed by atoms with Crippen molar-refractivity contribution in [3.8, 4) is 0 Å². The molecule has 0 aliphatic carbocycles. The van der Waals surface area contributed by atoms with Crippen molar-refractivity contribution in [2.75, 3.05) is 6.61 Å². The molecule has 1 aliphatic rings. The van der Waals surface area contributed by atoms with E-state index in [1.165, 1.54) is 0 Å². The van der Waals surface area contributed by atoms with Gasteiger partial charge in [0.25, 0.3) is 5.92 Å². The molecule has 6 heteroatoms. The van der Waals surface area contributed by atoms with Gasteiger partial charge in [0.05, 0.1) is 12.7 Å². The third-order valence-corrected chi connectivity index (χ3v) is 1.70. The zero-order valence-electron chi connectivity index (χ0n) is 6.70. The first-order chi connectivity index (χ1) is 5.79. The third kappa shape index (κ3) is 5.02. The predicted octanol–water partition coefficient (Wildman–Crippen LogP) is 2.75. The molecule has 1 nitrogen and oxygen atoms in total. The Morgan fingerprint density at radius 1 is 1.08 bits per heavy atom. The number of rotatable bonds is 4. The van der Waals surface area contributed by atoms with Gasteiger partial charge in [-0.1, -0.05) is 0 Å². The number of halogens is 5. The van der Waals surface area contributed by atoms with Crippen LogP contribution in [-0.2, 0) is 4.74 Å². The van der Waals surface area contributed by atoms with Gasteiger partial charge in [0.2, 0.25) is 0 Å². The molecule has 0 bridgehead atoms. The lowest BCUT2D eigenvalue weighted by Crippen LogP contribution is -2.22. The van der Waals surface area contributed by atoms with E-state index >= 15 is 0 Å². The van der Waals surface area contributed by atoms with Crippen molar-refractivity contribution < 1.29 is 26.7 Å². The SMILES string of the molecule is FC(F)(F)CCC(F)(F)CC1CO1. The lowest BCUT2D eigenvalue weighted by molar-refractivity contribution is -0.152. The fraction of sp³-hybridized carbons (Fsp3) is 1.00. The summed E-state index contributed by atoms with van der Waals surface area (Å²) >= 11 is 0. The highest BCUT2D eigenvalue weighted by molar-refractivity contribution is 4.79. The fourth-order valence-corrected chi connectivity index (χ4v) is 0.946. The van der Waals surface area contributed by atoms with Crippen LogP contribution >= 0.6 is 0 Å². The Morgan fingerprint density at radius 2 is 1.62 bits per heavy atom. The zero-order valence-corrected chi connectivity index (χ0v) is 6.70. The largest absolute Gasteiger partial charge is 0.389 e. The molecule has 1 fully saturated rings. The Hall–Kier alpha value is -0.390. The number of hydrogen-bond donors (Lipinski definition) is 0. The van der Waals surface area contributed by atoms with Gasteiger partial charge in [0.15, 0.2) is 0 Å². The van der Waals surface area contributed by atoms with Crippen LogP contribution in [0.2, 0.25) is 0 Å². The molecule has 78 valence electrons. The second kappa shape index (κ2) is 3.40. The highest BCUT2D eigenvalue weighted by Crippen LogP contribution is 2.34. The van der Waals surface area contributed by atoms with E-state index < -0.39 is 37.5 Å². The predicted molar refractivity (Wildman–Crippen MR) is 34.6 cm³/mol. The van der Waals surface area contributed by atoms with Crippen molar-refractivity contribution in [2.45, 2.75) is 37.5 Å². The number of hydrogen-bond acceptors (Lipinski definition) is 1. The molecule has 0 aromatic carbocycles. The van der Waals surface area contributed by atoms with Crippen LogP contribution in [-0.4, -0.2) is 24.8 Å². The molecule has 1 saturated heterocycles.